The fourth-order valence-electron chi connectivity index (χ4n) is 1.52. The molecule has 0 aliphatic heterocycles. The summed E-state index contributed by atoms with van der Waals surface area (Å²) in [4.78, 5) is 0. The topological polar surface area (TPSA) is 51.0 Å². The quantitative estimate of drug-likeness (QED) is 0.888. The van der Waals surface area contributed by atoms with Crippen molar-refractivity contribution in [1.29, 1.82) is 0 Å². The molecular formula is C11H15N3OS. The van der Waals surface area contributed by atoms with Crippen molar-refractivity contribution < 1.29 is 4.42 Å². The van der Waals surface area contributed by atoms with Crippen LogP contribution in [0.25, 0.3) is 10.6 Å². The summed E-state index contributed by atoms with van der Waals surface area (Å²) >= 11 is 1.61. The number of nitrogens with zero attached hydrogens (tertiary/aromatic N) is 2. The van der Waals surface area contributed by atoms with Crippen molar-refractivity contribution in [3.63, 3.8) is 0 Å². The average molecular weight is 237 g/mol. The highest BCUT2D eigenvalue weighted by atomic mass is 32.1. The molecule has 0 fully saturated rings. The van der Waals surface area contributed by atoms with E-state index in [1.54, 1.807) is 17.6 Å². The molecule has 2 aromatic rings. The zero-order valence-electron chi connectivity index (χ0n) is 9.65. The molecule has 0 aliphatic carbocycles. The van der Waals surface area contributed by atoms with E-state index >= 15 is 0 Å². The molecule has 0 amide bonds. The van der Waals surface area contributed by atoms with Crippen LogP contribution in [-0.2, 0) is 0 Å². The molecule has 0 saturated carbocycles. The van der Waals surface area contributed by atoms with Crippen LogP contribution in [0.4, 0.5) is 0 Å². The maximum atomic E-state index is 5.26. The van der Waals surface area contributed by atoms with Gasteiger partial charge in [0.25, 0.3) is 0 Å². The number of hydrogen-bond acceptors (Lipinski definition) is 5. The van der Waals surface area contributed by atoms with Crippen molar-refractivity contribution in [3.05, 3.63) is 23.1 Å². The van der Waals surface area contributed by atoms with E-state index in [4.69, 9.17) is 4.42 Å². The molecule has 0 bridgehead atoms. The normalized spacial score (nSPS) is 12.9. The van der Waals surface area contributed by atoms with Crippen LogP contribution in [0.2, 0.25) is 0 Å². The minimum absolute atomic E-state index is 0.253. The lowest BCUT2D eigenvalue weighted by Gasteiger charge is -2.06. The molecule has 1 N–H and O–H groups in total. The first kappa shape index (κ1) is 11.3. The van der Waals surface area contributed by atoms with Gasteiger partial charge < -0.3 is 9.73 Å². The number of aryl methyl sites for hydroxylation is 1. The van der Waals surface area contributed by atoms with Crippen molar-refractivity contribution in [2.45, 2.75) is 26.8 Å². The molecule has 1 unspecified atom stereocenters. The number of aromatic nitrogens is 2. The second-order valence-corrected chi connectivity index (χ2v) is 4.62. The zero-order valence-corrected chi connectivity index (χ0v) is 10.5. The van der Waals surface area contributed by atoms with Crippen molar-refractivity contribution >= 4 is 11.3 Å². The van der Waals surface area contributed by atoms with Gasteiger partial charge in [0.15, 0.2) is 5.01 Å². The predicted octanol–water partition coefficient (Wildman–Crippen LogP) is 2.78. The van der Waals surface area contributed by atoms with Gasteiger partial charge in [-0.25, -0.2) is 0 Å². The molecule has 0 radical (unpaired) electrons. The second-order valence-electron chi connectivity index (χ2n) is 3.62. The number of hydrogen-bond donors (Lipinski definition) is 1. The van der Waals surface area contributed by atoms with Gasteiger partial charge in [-0.1, -0.05) is 18.3 Å². The Kier molecular flexibility index (Phi) is 3.36. The third-order valence-electron chi connectivity index (χ3n) is 2.41. The molecule has 4 nitrogen and oxygen atoms in total. The molecule has 0 aromatic carbocycles. The first-order chi connectivity index (χ1) is 7.72. The minimum Gasteiger partial charge on any atom is -0.469 e. The summed E-state index contributed by atoms with van der Waals surface area (Å²) < 4.78 is 5.26. The molecule has 2 rings (SSSR count). The van der Waals surface area contributed by atoms with Gasteiger partial charge in [0.1, 0.15) is 10.8 Å². The summed E-state index contributed by atoms with van der Waals surface area (Å²) in [6.07, 6.45) is 1.68. The van der Waals surface area contributed by atoms with Gasteiger partial charge in [-0.15, -0.1) is 10.2 Å². The first-order valence-electron chi connectivity index (χ1n) is 5.33. The van der Waals surface area contributed by atoms with Gasteiger partial charge in [-0.3, -0.25) is 0 Å². The van der Waals surface area contributed by atoms with Crippen molar-refractivity contribution in [2.75, 3.05) is 6.54 Å². The van der Waals surface area contributed by atoms with Gasteiger partial charge >= 0.3 is 0 Å². The molecule has 0 spiro atoms. The maximum absolute atomic E-state index is 5.26. The van der Waals surface area contributed by atoms with Crippen molar-refractivity contribution in [3.8, 4) is 10.6 Å². The Morgan fingerprint density at radius 3 is 2.94 bits per heavy atom. The highest BCUT2D eigenvalue weighted by Crippen LogP contribution is 2.29. The Hall–Kier alpha value is -1.20. The lowest BCUT2D eigenvalue weighted by molar-refractivity contribution is 0.535. The summed E-state index contributed by atoms with van der Waals surface area (Å²) in [6.45, 7) is 7.04. The molecule has 0 aliphatic rings. The predicted molar refractivity (Wildman–Crippen MR) is 64.4 cm³/mol. The molecule has 86 valence electrons. The Morgan fingerprint density at radius 1 is 1.50 bits per heavy atom. The van der Waals surface area contributed by atoms with E-state index in [1.807, 2.05) is 13.0 Å². The standard InChI is InChI=1S/C11H15N3OS/c1-4-12-7(2)10-13-14-11(16-10)9-5-6-15-8(9)3/h5-7,12H,4H2,1-3H3. The summed E-state index contributed by atoms with van der Waals surface area (Å²) in [7, 11) is 0. The average Bonchev–Trinajstić information content (AvgIpc) is 2.86. The molecular weight excluding hydrogens is 222 g/mol. The largest absolute Gasteiger partial charge is 0.469 e. The molecule has 5 heteroatoms. The van der Waals surface area contributed by atoms with E-state index in [1.165, 1.54) is 0 Å². The third kappa shape index (κ3) is 2.15. The van der Waals surface area contributed by atoms with E-state index < -0.39 is 0 Å². The number of furan rings is 1. The third-order valence-corrected chi connectivity index (χ3v) is 3.55. The van der Waals surface area contributed by atoms with Gasteiger partial charge in [0, 0.05) is 0 Å². The molecule has 2 aromatic heterocycles. The first-order valence-corrected chi connectivity index (χ1v) is 6.15. The van der Waals surface area contributed by atoms with Crippen molar-refractivity contribution in [1.82, 2.24) is 15.5 Å². The van der Waals surface area contributed by atoms with E-state index in [-0.39, 0.29) is 6.04 Å². The number of rotatable bonds is 4. The lowest BCUT2D eigenvalue weighted by Crippen LogP contribution is -2.17. The summed E-state index contributed by atoms with van der Waals surface area (Å²) in [5.41, 5.74) is 1.03. The summed E-state index contributed by atoms with van der Waals surface area (Å²) in [5.74, 6) is 0.888. The van der Waals surface area contributed by atoms with Crippen LogP contribution in [0.3, 0.4) is 0 Å². The highest BCUT2D eigenvalue weighted by Gasteiger charge is 2.14. The van der Waals surface area contributed by atoms with E-state index in [2.05, 4.69) is 29.4 Å². The second kappa shape index (κ2) is 4.76. The van der Waals surface area contributed by atoms with Gasteiger partial charge in [0.2, 0.25) is 0 Å². The monoisotopic (exact) mass is 237 g/mol. The van der Waals surface area contributed by atoms with Gasteiger partial charge in [-0.2, -0.15) is 0 Å². The smallest absolute Gasteiger partial charge is 0.151 e. The number of nitrogens with one attached hydrogen (secondary N) is 1. The zero-order chi connectivity index (χ0) is 11.5. The van der Waals surface area contributed by atoms with Crippen LogP contribution in [0.15, 0.2) is 16.7 Å². The Labute approximate surface area is 98.7 Å². The van der Waals surface area contributed by atoms with Gasteiger partial charge in [-0.05, 0) is 26.5 Å². The van der Waals surface area contributed by atoms with Crippen LogP contribution in [0, 0.1) is 6.92 Å². The van der Waals surface area contributed by atoms with Crippen LogP contribution in [0.1, 0.15) is 30.7 Å². The Bertz CT molecular complexity index is 463. The summed E-state index contributed by atoms with van der Waals surface area (Å²) in [5, 5.41) is 13.6. The Morgan fingerprint density at radius 2 is 2.31 bits per heavy atom. The molecule has 2 heterocycles. The maximum Gasteiger partial charge on any atom is 0.151 e. The SMILES string of the molecule is CCNC(C)c1nnc(-c2ccoc2C)s1. The van der Waals surface area contributed by atoms with E-state index in [0.29, 0.717) is 0 Å². The fourth-order valence-corrected chi connectivity index (χ4v) is 2.46. The van der Waals surface area contributed by atoms with Crippen LogP contribution in [0.5, 0.6) is 0 Å². The fraction of sp³-hybridized carbons (Fsp3) is 0.455. The van der Waals surface area contributed by atoms with E-state index in [9.17, 15) is 0 Å². The molecule has 0 saturated heterocycles. The van der Waals surface area contributed by atoms with Crippen LogP contribution >= 0.6 is 11.3 Å². The van der Waals surface area contributed by atoms with Crippen LogP contribution in [-0.4, -0.2) is 16.7 Å². The molecule has 1 atom stereocenters. The van der Waals surface area contributed by atoms with E-state index in [0.717, 1.165) is 27.9 Å². The van der Waals surface area contributed by atoms with Crippen LogP contribution < -0.4 is 5.32 Å². The van der Waals surface area contributed by atoms with Gasteiger partial charge in [0.05, 0.1) is 17.9 Å². The van der Waals surface area contributed by atoms with Crippen molar-refractivity contribution in [2.24, 2.45) is 0 Å². The Balaban J connectivity index is 2.23. The highest BCUT2D eigenvalue weighted by molar-refractivity contribution is 7.14. The lowest BCUT2D eigenvalue weighted by atomic mass is 10.3. The minimum atomic E-state index is 0.253. The molecule has 16 heavy (non-hydrogen) atoms. The summed E-state index contributed by atoms with van der Waals surface area (Å²) in [6, 6.07) is 2.18.